The van der Waals surface area contributed by atoms with E-state index in [9.17, 15) is 4.79 Å². The lowest BCUT2D eigenvalue weighted by Gasteiger charge is -2.45. The maximum absolute atomic E-state index is 12.9. The van der Waals surface area contributed by atoms with E-state index in [1.807, 2.05) is 6.07 Å². The summed E-state index contributed by atoms with van der Waals surface area (Å²) in [5.41, 5.74) is 5.12. The topological polar surface area (TPSA) is 38.8 Å². The van der Waals surface area contributed by atoms with Crippen LogP contribution < -0.4 is 10.2 Å². The third-order valence-electron chi connectivity index (χ3n) is 8.60. The van der Waals surface area contributed by atoms with Gasteiger partial charge in [0.25, 0.3) is 0 Å². The number of anilines is 2. The fraction of sp³-hybridized carbons (Fsp3) is 0.536. The molecule has 1 spiro atoms. The predicted octanol–water partition coefficient (Wildman–Crippen LogP) is 5.17. The van der Waals surface area contributed by atoms with E-state index in [-0.39, 0.29) is 30.0 Å². The van der Waals surface area contributed by atoms with Crippen molar-refractivity contribution >= 4 is 41.3 Å². The van der Waals surface area contributed by atoms with Crippen LogP contribution in [-0.4, -0.2) is 60.1 Å². The van der Waals surface area contributed by atoms with Gasteiger partial charge in [-0.2, -0.15) is 0 Å². The largest absolute Gasteiger partial charge is 0.341 e. The summed E-state index contributed by atoms with van der Waals surface area (Å²) >= 11 is 6.43. The molecule has 0 bridgehead atoms. The number of para-hydroxylation sites is 1. The van der Waals surface area contributed by atoms with Gasteiger partial charge in [0.2, 0.25) is 5.91 Å². The monoisotopic (exact) mass is 514 g/mol. The average molecular weight is 516 g/mol. The van der Waals surface area contributed by atoms with Gasteiger partial charge in [-0.1, -0.05) is 35.9 Å². The standard InChI is InChI=1S/C28H35ClN4O.ClH/c29-23-12-11-22-10-9-21-6-1-2-7-24(21)32(25(22)20-23)16-5-15-31-18-13-28(14-19-31)27(34)30-26-8-3-4-17-33(26)28;/h1-2,6-7,11-12,20,26H,3-5,8-10,13-19H2,(H,30,34);1H/t26-;/m1./s1. The summed E-state index contributed by atoms with van der Waals surface area (Å²) in [4.78, 5) is 20.5. The van der Waals surface area contributed by atoms with Gasteiger partial charge in [0.15, 0.2) is 0 Å². The SMILES string of the molecule is Cl.O=C1N[C@H]2CCCCN2C12CCN(CCCN1c3ccccc3CCc3ccc(Cl)cc31)CC2. The average Bonchev–Trinajstić information content (AvgIpc) is 3.03. The van der Waals surface area contributed by atoms with Crippen molar-refractivity contribution in [2.45, 2.75) is 63.1 Å². The van der Waals surface area contributed by atoms with Crippen molar-refractivity contribution in [1.29, 1.82) is 0 Å². The highest BCUT2D eigenvalue weighted by Gasteiger charge is 2.54. The Morgan fingerprint density at radius 2 is 1.71 bits per heavy atom. The van der Waals surface area contributed by atoms with Crippen LogP contribution in [0.4, 0.5) is 11.4 Å². The van der Waals surface area contributed by atoms with Crippen molar-refractivity contribution in [2.24, 2.45) is 0 Å². The molecule has 0 aliphatic carbocycles. The summed E-state index contributed by atoms with van der Waals surface area (Å²) < 4.78 is 0. The second-order valence-corrected chi connectivity index (χ2v) is 10.9. The van der Waals surface area contributed by atoms with E-state index in [0.29, 0.717) is 0 Å². The molecule has 7 heteroatoms. The smallest absolute Gasteiger partial charge is 0.241 e. The van der Waals surface area contributed by atoms with E-state index >= 15 is 0 Å². The van der Waals surface area contributed by atoms with Crippen molar-refractivity contribution in [3.63, 3.8) is 0 Å². The highest BCUT2D eigenvalue weighted by atomic mass is 35.5. The number of fused-ring (bicyclic) bond motifs is 4. The van der Waals surface area contributed by atoms with Gasteiger partial charge in [-0.3, -0.25) is 9.69 Å². The van der Waals surface area contributed by atoms with E-state index in [1.54, 1.807) is 0 Å². The Labute approximate surface area is 220 Å². The number of piperidine rings is 2. The van der Waals surface area contributed by atoms with Crippen LogP contribution in [0.25, 0.3) is 0 Å². The second kappa shape index (κ2) is 10.3. The number of aryl methyl sites for hydroxylation is 2. The molecule has 6 rings (SSSR count). The number of carbonyl (C=O) groups is 1. The molecule has 0 radical (unpaired) electrons. The molecule has 4 heterocycles. The number of carbonyl (C=O) groups excluding carboxylic acids is 1. The fourth-order valence-electron chi connectivity index (χ4n) is 6.75. The molecule has 0 saturated carbocycles. The zero-order valence-corrected chi connectivity index (χ0v) is 21.9. The fourth-order valence-corrected chi connectivity index (χ4v) is 6.91. The molecule has 0 aromatic heterocycles. The first kappa shape index (κ1) is 24.9. The Morgan fingerprint density at radius 3 is 2.54 bits per heavy atom. The Bertz CT molecular complexity index is 1070. The van der Waals surface area contributed by atoms with Gasteiger partial charge in [0.05, 0.1) is 6.17 Å². The maximum Gasteiger partial charge on any atom is 0.241 e. The second-order valence-electron chi connectivity index (χ2n) is 10.5. The molecular weight excluding hydrogens is 479 g/mol. The molecule has 3 fully saturated rings. The normalized spacial score (nSPS) is 23.6. The highest BCUT2D eigenvalue weighted by molar-refractivity contribution is 6.30. The predicted molar refractivity (Wildman–Crippen MR) is 145 cm³/mol. The van der Waals surface area contributed by atoms with Crippen LogP contribution in [0.2, 0.25) is 5.02 Å². The molecule has 4 aliphatic heterocycles. The number of hydrogen-bond donors (Lipinski definition) is 1. The summed E-state index contributed by atoms with van der Waals surface area (Å²) in [6.07, 6.45) is 8.97. The molecule has 188 valence electrons. The first-order chi connectivity index (χ1) is 16.6. The van der Waals surface area contributed by atoms with E-state index in [2.05, 4.69) is 56.4 Å². The van der Waals surface area contributed by atoms with Gasteiger partial charge in [0.1, 0.15) is 5.54 Å². The lowest BCUT2D eigenvalue weighted by Crippen LogP contribution is -2.58. The van der Waals surface area contributed by atoms with Crippen LogP contribution in [0, 0.1) is 0 Å². The van der Waals surface area contributed by atoms with Crippen LogP contribution >= 0.6 is 24.0 Å². The van der Waals surface area contributed by atoms with Crippen molar-refractivity contribution in [3.05, 3.63) is 58.6 Å². The van der Waals surface area contributed by atoms with Gasteiger partial charge in [-0.25, -0.2) is 0 Å². The molecule has 1 amide bonds. The maximum atomic E-state index is 12.9. The summed E-state index contributed by atoms with van der Waals surface area (Å²) in [5.74, 6) is 0.286. The van der Waals surface area contributed by atoms with Crippen LogP contribution in [0.1, 0.15) is 49.7 Å². The van der Waals surface area contributed by atoms with E-state index in [4.69, 9.17) is 11.6 Å². The number of rotatable bonds is 4. The summed E-state index contributed by atoms with van der Waals surface area (Å²) in [6.45, 7) is 5.13. The quantitative estimate of drug-likeness (QED) is 0.611. The summed E-state index contributed by atoms with van der Waals surface area (Å²) in [5, 5.41) is 4.10. The first-order valence-corrected chi connectivity index (χ1v) is 13.5. The Hall–Kier alpha value is -1.79. The molecule has 1 N–H and O–H groups in total. The van der Waals surface area contributed by atoms with Gasteiger partial charge >= 0.3 is 0 Å². The van der Waals surface area contributed by atoms with E-state index in [1.165, 1.54) is 35.3 Å². The zero-order chi connectivity index (χ0) is 23.1. The van der Waals surface area contributed by atoms with Crippen LogP contribution in [-0.2, 0) is 17.6 Å². The van der Waals surface area contributed by atoms with Gasteiger partial charge in [0, 0.05) is 42.6 Å². The van der Waals surface area contributed by atoms with Crippen LogP contribution in [0.15, 0.2) is 42.5 Å². The van der Waals surface area contributed by atoms with Gasteiger partial charge < -0.3 is 15.1 Å². The minimum absolute atomic E-state index is 0. The molecule has 4 aliphatic rings. The summed E-state index contributed by atoms with van der Waals surface area (Å²) in [6, 6.07) is 15.2. The lowest BCUT2D eigenvalue weighted by atomic mass is 9.85. The van der Waals surface area contributed by atoms with Crippen molar-refractivity contribution in [2.75, 3.05) is 37.6 Å². The molecular formula is C28H36Cl2N4O. The van der Waals surface area contributed by atoms with Crippen molar-refractivity contribution in [3.8, 4) is 0 Å². The Morgan fingerprint density at radius 1 is 0.943 bits per heavy atom. The number of halogens is 2. The number of hydrogen-bond acceptors (Lipinski definition) is 4. The molecule has 5 nitrogen and oxygen atoms in total. The molecule has 2 aromatic rings. The third kappa shape index (κ3) is 4.57. The molecule has 0 unspecified atom stereocenters. The van der Waals surface area contributed by atoms with Crippen molar-refractivity contribution in [1.82, 2.24) is 15.1 Å². The number of nitrogens with zero attached hydrogens (tertiary/aromatic N) is 3. The molecule has 1 atom stereocenters. The van der Waals surface area contributed by atoms with Crippen LogP contribution in [0.3, 0.4) is 0 Å². The van der Waals surface area contributed by atoms with E-state index < -0.39 is 0 Å². The number of amides is 1. The number of benzene rings is 2. The molecule has 35 heavy (non-hydrogen) atoms. The van der Waals surface area contributed by atoms with Crippen LogP contribution in [0.5, 0.6) is 0 Å². The first-order valence-electron chi connectivity index (χ1n) is 13.1. The minimum Gasteiger partial charge on any atom is -0.341 e. The van der Waals surface area contributed by atoms with Crippen molar-refractivity contribution < 1.29 is 4.79 Å². The molecule has 3 saturated heterocycles. The Balaban J connectivity index is 0.00000253. The number of likely N-dealkylation sites (tertiary alicyclic amines) is 1. The Kier molecular flexibility index (Phi) is 7.32. The lowest BCUT2D eigenvalue weighted by molar-refractivity contribution is -0.129. The minimum atomic E-state index is -0.249. The summed E-state index contributed by atoms with van der Waals surface area (Å²) in [7, 11) is 0. The van der Waals surface area contributed by atoms with Gasteiger partial charge in [-0.15, -0.1) is 12.4 Å². The van der Waals surface area contributed by atoms with E-state index in [0.717, 1.165) is 76.3 Å². The third-order valence-corrected chi connectivity index (χ3v) is 8.83. The molecule has 2 aromatic carbocycles. The number of nitrogens with one attached hydrogen (secondary N) is 1. The highest BCUT2D eigenvalue weighted by Crippen LogP contribution is 2.39. The zero-order valence-electron chi connectivity index (χ0n) is 20.3. The van der Waals surface area contributed by atoms with Gasteiger partial charge in [-0.05, 0) is 87.2 Å².